The van der Waals surface area contributed by atoms with Crippen LogP contribution in [0.25, 0.3) is 10.9 Å². The van der Waals surface area contributed by atoms with Crippen LogP contribution in [0.1, 0.15) is 26.3 Å². The third-order valence-electron chi connectivity index (χ3n) is 2.92. The van der Waals surface area contributed by atoms with Crippen molar-refractivity contribution in [3.8, 4) is 5.75 Å². The molecule has 1 aromatic carbocycles. The molecular weight excluding hydrogens is 259 g/mol. The zero-order chi connectivity index (χ0) is 14.9. The lowest BCUT2D eigenvalue weighted by atomic mass is 10.1. The molecule has 0 amide bonds. The van der Waals surface area contributed by atoms with Gasteiger partial charge in [0.25, 0.3) is 0 Å². The van der Waals surface area contributed by atoms with E-state index in [-0.39, 0.29) is 5.56 Å². The summed E-state index contributed by atoms with van der Waals surface area (Å²) in [6.07, 6.45) is 1.22. The van der Waals surface area contributed by atoms with E-state index in [2.05, 4.69) is 4.98 Å². The molecule has 0 saturated heterocycles. The van der Waals surface area contributed by atoms with Crippen LogP contribution in [-0.4, -0.2) is 28.6 Å². The monoisotopic (exact) mass is 276 g/mol. The number of benzene rings is 1. The average Bonchev–Trinajstić information content (AvgIpc) is 2.38. The van der Waals surface area contributed by atoms with Crippen molar-refractivity contribution >= 4 is 17.1 Å². The number of ether oxygens (including phenoxy) is 1. The second-order valence-electron chi connectivity index (χ2n) is 5.55. The van der Waals surface area contributed by atoms with Gasteiger partial charge in [0, 0.05) is 26.2 Å². The molecule has 0 bridgehead atoms. The highest BCUT2D eigenvalue weighted by Gasteiger charge is 2.19. The smallest absolute Gasteiger partial charge is 0.226 e. The number of hydroxylamine groups is 1. The molecule has 5 heteroatoms. The van der Waals surface area contributed by atoms with E-state index in [0.29, 0.717) is 11.3 Å². The van der Waals surface area contributed by atoms with Crippen LogP contribution < -0.4 is 4.74 Å². The minimum Gasteiger partial charge on any atom is -0.623 e. The molecule has 1 heterocycles. The highest BCUT2D eigenvalue weighted by atomic mass is 19.1. The zero-order valence-corrected chi connectivity index (χ0v) is 12.0. The van der Waals surface area contributed by atoms with Crippen LogP contribution in [0.4, 0.5) is 4.39 Å². The van der Waals surface area contributed by atoms with Crippen molar-refractivity contribution in [1.82, 2.24) is 4.98 Å². The van der Waals surface area contributed by atoms with Gasteiger partial charge in [0.2, 0.25) is 5.95 Å². The number of aromatic nitrogens is 1. The average molecular weight is 276 g/mol. The van der Waals surface area contributed by atoms with Gasteiger partial charge in [-0.15, -0.1) is 0 Å². The number of rotatable bonds is 2. The highest BCUT2D eigenvalue weighted by molar-refractivity contribution is 5.87. The summed E-state index contributed by atoms with van der Waals surface area (Å²) >= 11 is 0. The van der Waals surface area contributed by atoms with Gasteiger partial charge in [0.1, 0.15) is 5.75 Å². The summed E-state index contributed by atoms with van der Waals surface area (Å²) in [7, 11) is 1.56. The topological polar surface area (TPSA) is 48.2 Å². The summed E-state index contributed by atoms with van der Waals surface area (Å²) in [5, 5.41) is 12.6. The largest absolute Gasteiger partial charge is 0.623 e. The first-order chi connectivity index (χ1) is 9.31. The van der Waals surface area contributed by atoms with Crippen LogP contribution >= 0.6 is 0 Å². The maximum Gasteiger partial charge on any atom is 0.226 e. The number of methoxy groups -OCH3 is 1. The van der Waals surface area contributed by atoms with Gasteiger partial charge in [0.15, 0.2) is 11.8 Å². The highest BCUT2D eigenvalue weighted by Crippen LogP contribution is 2.21. The minimum absolute atomic E-state index is 0.163. The van der Waals surface area contributed by atoms with Crippen LogP contribution in [0.3, 0.4) is 0 Å². The van der Waals surface area contributed by atoms with Gasteiger partial charge in [-0.25, -0.2) is 9.72 Å². The fraction of sp³-hybridized carbons (Fsp3) is 0.333. The lowest BCUT2D eigenvalue weighted by Crippen LogP contribution is -2.29. The molecule has 106 valence electrons. The van der Waals surface area contributed by atoms with Crippen LogP contribution in [0.15, 0.2) is 24.3 Å². The molecule has 0 atom stereocenters. The third-order valence-corrected chi connectivity index (χ3v) is 2.92. The predicted octanol–water partition coefficient (Wildman–Crippen LogP) is 3.11. The summed E-state index contributed by atoms with van der Waals surface area (Å²) in [4.78, 5) is 3.87. The fourth-order valence-corrected chi connectivity index (χ4v) is 1.68. The van der Waals surface area contributed by atoms with Crippen molar-refractivity contribution in [2.45, 2.75) is 26.3 Å². The van der Waals surface area contributed by atoms with Crippen LogP contribution in [0.2, 0.25) is 0 Å². The normalized spacial score (nSPS) is 12.8. The standard InChI is InChI=1S/C15H17FN2O2/c1-15(2,3)18(19)9-11-7-10-8-12(20-4)5-6-13(10)17-14(11)16/h5-9H,1-4H3/b18-9-. The Morgan fingerprint density at radius 3 is 2.60 bits per heavy atom. The van der Waals surface area contributed by atoms with Crippen LogP contribution in [-0.2, 0) is 0 Å². The Balaban J connectivity index is 2.57. The summed E-state index contributed by atoms with van der Waals surface area (Å²) in [6, 6.07) is 6.75. The maximum absolute atomic E-state index is 13.9. The number of pyridine rings is 1. The van der Waals surface area contributed by atoms with E-state index in [0.717, 1.165) is 10.1 Å². The summed E-state index contributed by atoms with van der Waals surface area (Å²) in [5.74, 6) is -0.000532. The number of hydrogen-bond acceptors (Lipinski definition) is 3. The molecule has 2 rings (SSSR count). The summed E-state index contributed by atoms with van der Waals surface area (Å²) in [5.41, 5.74) is 0.0554. The van der Waals surface area contributed by atoms with Crippen molar-refractivity contribution < 1.29 is 13.9 Å². The Labute approximate surface area is 117 Å². The molecule has 0 aliphatic carbocycles. The first-order valence-corrected chi connectivity index (χ1v) is 6.27. The van der Waals surface area contributed by atoms with Gasteiger partial charge in [-0.3, -0.25) is 0 Å². The zero-order valence-electron chi connectivity index (χ0n) is 12.0. The molecule has 4 nitrogen and oxygen atoms in total. The van der Waals surface area contributed by atoms with E-state index in [4.69, 9.17) is 4.74 Å². The van der Waals surface area contributed by atoms with Crippen molar-refractivity contribution in [2.24, 2.45) is 0 Å². The molecule has 0 unspecified atom stereocenters. The number of hydrogen-bond donors (Lipinski definition) is 0. The quantitative estimate of drug-likeness (QED) is 0.278. The van der Waals surface area contributed by atoms with E-state index in [9.17, 15) is 9.60 Å². The van der Waals surface area contributed by atoms with Gasteiger partial charge in [-0.1, -0.05) is 0 Å². The molecule has 0 fully saturated rings. The second-order valence-corrected chi connectivity index (χ2v) is 5.55. The van der Waals surface area contributed by atoms with Gasteiger partial charge in [-0.05, 0) is 24.3 Å². The van der Waals surface area contributed by atoms with Crippen molar-refractivity contribution in [3.05, 3.63) is 41.0 Å². The number of fused-ring (bicyclic) bond motifs is 1. The Hall–Kier alpha value is -2.17. The lowest BCUT2D eigenvalue weighted by Gasteiger charge is -2.18. The van der Waals surface area contributed by atoms with Crippen LogP contribution in [0, 0.1) is 11.2 Å². The Bertz CT molecular complexity index is 675. The summed E-state index contributed by atoms with van der Waals surface area (Å²) < 4.78 is 19.8. The first-order valence-electron chi connectivity index (χ1n) is 6.27. The molecule has 0 aliphatic rings. The Kier molecular flexibility index (Phi) is 3.61. The number of halogens is 1. The third kappa shape index (κ3) is 2.87. The van der Waals surface area contributed by atoms with E-state index in [1.807, 2.05) is 0 Å². The van der Waals surface area contributed by atoms with E-state index >= 15 is 0 Å². The Morgan fingerprint density at radius 2 is 2.00 bits per heavy atom. The SMILES string of the molecule is COc1ccc2nc(F)c(/C=[N+](\[O-])C(C)(C)C)cc2c1. The molecule has 1 aromatic heterocycles. The molecule has 0 saturated carbocycles. The molecule has 2 aromatic rings. The van der Waals surface area contributed by atoms with Crippen molar-refractivity contribution in [3.63, 3.8) is 0 Å². The fourth-order valence-electron chi connectivity index (χ4n) is 1.68. The maximum atomic E-state index is 13.9. The predicted molar refractivity (Wildman–Crippen MR) is 76.8 cm³/mol. The molecule has 0 N–H and O–H groups in total. The molecular formula is C15H17FN2O2. The Morgan fingerprint density at radius 1 is 1.30 bits per heavy atom. The molecule has 0 spiro atoms. The molecule has 20 heavy (non-hydrogen) atoms. The second kappa shape index (κ2) is 5.07. The molecule has 0 radical (unpaired) electrons. The van der Waals surface area contributed by atoms with Crippen LogP contribution in [0.5, 0.6) is 5.75 Å². The number of nitrogens with zero attached hydrogens (tertiary/aromatic N) is 2. The van der Waals surface area contributed by atoms with E-state index < -0.39 is 11.5 Å². The molecule has 0 aliphatic heterocycles. The van der Waals surface area contributed by atoms with Gasteiger partial charge in [-0.2, -0.15) is 4.39 Å². The van der Waals surface area contributed by atoms with Gasteiger partial charge < -0.3 is 9.94 Å². The van der Waals surface area contributed by atoms with Gasteiger partial charge >= 0.3 is 0 Å². The van der Waals surface area contributed by atoms with Crippen molar-refractivity contribution in [1.29, 1.82) is 0 Å². The van der Waals surface area contributed by atoms with E-state index in [1.54, 1.807) is 52.1 Å². The van der Waals surface area contributed by atoms with E-state index in [1.165, 1.54) is 6.21 Å². The first kappa shape index (κ1) is 14.2. The van der Waals surface area contributed by atoms with Crippen molar-refractivity contribution in [2.75, 3.05) is 7.11 Å². The lowest BCUT2D eigenvalue weighted by molar-refractivity contribution is -0.530. The minimum atomic E-state index is -0.659. The summed E-state index contributed by atoms with van der Waals surface area (Å²) in [6.45, 7) is 5.27. The van der Waals surface area contributed by atoms with Gasteiger partial charge in [0.05, 0.1) is 18.2 Å².